The van der Waals surface area contributed by atoms with Gasteiger partial charge >= 0.3 is 5.97 Å². The quantitative estimate of drug-likeness (QED) is 0.516. The first-order valence-corrected chi connectivity index (χ1v) is 5.11. The molecule has 1 aliphatic heterocycles. The van der Waals surface area contributed by atoms with Crippen LogP contribution in [0.4, 0.5) is 0 Å². The number of ether oxygens (including phenoxy) is 2. The molecule has 0 aromatic carbocycles. The number of aliphatic hydroxyl groups is 3. The number of hydrogen-bond donors (Lipinski definition) is 3. The lowest BCUT2D eigenvalue weighted by molar-refractivity contribution is -0.190. The molecule has 0 aromatic rings. The summed E-state index contributed by atoms with van der Waals surface area (Å²) in [7, 11) is 0. The van der Waals surface area contributed by atoms with E-state index in [1.807, 2.05) is 0 Å². The van der Waals surface area contributed by atoms with Crippen LogP contribution in [0.3, 0.4) is 0 Å². The van der Waals surface area contributed by atoms with Crippen molar-refractivity contribution in [3.8, 4) is 0 Å². The third kappa shape index (κ3) is 0.982. The van der Waals surface area contributed by atoms with E-state index in [1.54, 1.807) is 13.8 Å². The standard InChI is InChI=1S/C10H16O6/c1-5(11)15-4-6-9(13)8(2,3)10(9,14)7(12)16-6/h6-7,12-14H,4H2,1-3H3/t6-,7-,9+,10-/m1/s1. The maximum Gasteiger partial charge on any atom is 0.302 e. The number of hydrogen-bond acceptors (Lipinski definition) is 6. The van der Waals surface area contributed by atoms with Gasteiger partial charge in [-0.1, -0.05) is 13.8 Å². The van der Waals surface area contributed by atoms with Gasteiger partial charge < -0.3 is 24.8 Å². The van der Waals surface area contributed by atoms with Gasteiger partial charge in [0.1, 0.15) is 18.3 Å². The van der Waals surface area contributed by atoms with Crippen LogP contribution in [0, 0.1) is 5.41 Å². The second-order valence-corrected chi connectivity index (χ2v) is 4.94. The zero-order valence-electron chi connectivity index (χ0n) is 9.43. The van der Waals surface area contributed by atoms with Gasteiger partial charge in [-0.2, -0.15) is 0 Å². The summed E-state index contributed by atoms with van der Waals surface area (Å²) in [6, 6.07) is 0. The average Bonchev–Trinajstić information content (AvgIpc) is 2.43. The number of fused-ring (bicyclic) bond motifs is 1. The van der Waals surface area contributed by atoms with E-state index in [2.05, 4.69) is 0 Å². The fourth-order valence-electron chi connectivity index (χ4n) is 2.75. The van der Waals surface area contributed by atoms with Gasteiger partial charge in [-0.25, -0.2) is 0 Å². The maximum absolute atomic E-state index is 10.7. The number of esters is 1. The number of rotatable bonds is 2. The Morgan fingerprint density at radius 2 is 1.94 bits per heavy atom. The monoisotopic (exact) mass is 232 g/mol. The molecule has 6 heteroatoms. The lowest BCUT2D eigenvalue weighted by Crippen LogP contribution is -2.37. The summed E-state index contributed by atoms with van der Waals surface area (Å²) >= 11 is 0. The van der Waals surface area contributed by atoms with E-state index in [1.165, 1.54) is 6.92 Å². The second kappa shape index (κ2) is 2.95. The van der Waals surface area contributed by atoms with E-state index in [4.69, 9.17) is 9.47 Å². The molecule has 4 atom stereocenters. The first-order valence-electron chi connectivity index (χ1n) is 5.11. The van der Waals surface area contributed by atoms with Crippen LogP contribution in [-0.4, -0.2) is 51.5 Å². The van der Waals surface area contributed by atoms with Gasteiger partial charge in [-0.05, 0) is 0 Å². The third-order valence-electron chi connectivity index (χ3n) is 3.98. The third-order valence-corrected chi connectivity index (χ3v) is 3.98. The van der Waals surface area contributed by atoms with Crippen molar-refractivity contribution < 1.29 is 29.6 Å². The van der Waals surface area contributed by atoms with Gasteiger partial charge in [0.05, 0.1) is 0 Å². The normalized spacial score (nSPS) is 48.6. The molecule has 0 bridgehead atoms. The smallest absolute Gasteiger partial charge is 0.302 e. The van der Waals surface area contributed by atoms with Crippen LogP contribution in [0.5, 0.6) is 0 Å². The molecule has 1 heterocycles. The molecule has 2 rings (SSSR count). The Hall–Kier alpha value is -0.690. The van der Waals surface area contributed by atoms with E-state index in [-0.39, 0.29) is 6.61 Å². The predicted octanol–water partition coefficient (Wildman–Crippen LogP) is -1.23. The maximum atomic E-state index is 10.7. The van der Waals surface area contributed by atoms with Crippen molar-refractivity contribution >= 4 is 5.97 Å². The molecular formula is C10H16O6. The number of aliphatic hydroxyl groups excluding tert-OH is 1. The molecule has 6 nitrogen and oxygen atoms in total. The first-order chi connectivity index (χ1) is 7.19. The van der Waals surface area contributed by atoms with E-state index in [0.717, 1.165) is 0 Å². The highest BCUT2D eigenvalue weighted by molar-refractivity contribution is 5.66. The van der Waals surface area contributed by atoms with Crippen LogP contribution in [0.2, 0.25) is 0 Å². The molecule has 0 unspecified atom stereocenters. The van der Waals surface area contributed by atoms with Crippen molar-refractivity contribution in [2.45, 2.75) is 44.4 Å². The van der Waals surface area contributed by atoms with E-state index in [9.17, 15) is 20.1 Å². The molecule has 16 heavy (non-hydrogen) atoms. The number of carbonyl (C=O) groups excluding carboxylic acids is 1. The van der Waals surface area contributed by atoms with Crippen molar-refractivity contribution in [3.63, 3.8) is 0 Å². The molecule has 2 fully saturated rings. The molecule has 1 saturated carbocycles. The van der Waals surface area contributed by atoms with Crippen LogP contribution in [0.1, 0.15) is 20.8 Å². The van der Waals surface area contributed by atoms with Gasteiger partial charge in [-0.3, -0.25) is 4.79 Å². The molecular weight excluding hydrogens is 216 g/mol. The molecule has 0 radical (unpaired) electrons. The summed E-state index contributed by atoms with van der Waals surface area (Å²) in [5, 5.41) is 29.9. The van der Waals surface area contributed by atoms with Crippen LogP contribution >= 0.6 is 0 Å². The summed E-state index contributed by atoms with van der Waals surface area (Å²) < 4.78 is 9.72. The topological polar surface area (TPSA) is 96.2 Å². The summed E-state index contributed by atoms with van der Waals surface area (Å²) in [6.45, 7) is 4.30. The molecule has 92 valence electrons. The van der Waals surface area contributed by atoms with Gasteiger partial charge in [0, 0.05) is 12.3 Å². The van der Waals surface area contributed by atoms with E-state index in [0.29, 0.717) is 0 Å². The fraction of sp³-hybridized carbons (Fsp3) is 0.900. The Morgan fingerprint density at radius 3 is 2.31 bits per heavy atom. The summed E-state index contributed by atoms with van der Waals surface area (Å²) in [5.41, 5.74) is -4.15. The Morgan fingerprint density at radius 1 is 1.38 bits per heavy atom. The number of carbonyl (C=O) groups is 1. The minimum Gasteiger partial charge on any atom is -0.463 e. The van der Waals surface area contributed by atoms with E-state index < -0.39 is 35.0 Å². The van der Waals surface area contributed by atoms with E-state index >= 15 is 0 Å². The molecule has 1 saturated heterocycles. The zero-order valence-corrected chi connectivity index (χ0v) is 9.43. The highest BCUT2D eigenvalue weighted by Gasteiger charge is 2.92. The van der Waals surface area contributed by atoms with Crippen molar-refractivity contribution in [2.24, 2.45) is 5.41 Å². The van der Waals surface area contributed by atoms with Crippen LogP contribution in [0.25, 0.3) is 0 Å². The minimum absolute atomic E-state index is 0.186. The predicted molar refractivity (Wildman–Crippen MR) is 51.2 cm³/mol. The Kier molecular flexibility index (Phi) is 2.17. The van der Waals surface area contributed by atoms with Gasteiger partial charge in [-0.15, -0.1) is 0 Å². The van der Waals surface area contributed by atoms with Crippen molar-refractivity contribution in [1.82, 2.24) is 0 Å². The van der Waals surface area contributed by atoms with Crippen LogP contribution in [0.15, 0.2) is 0 Å². The summed E-state index contributed by atoms with van der Waals surface area (Å²) in [6.07, 6.45) is -2.38. The Labute approximate surface area is 92.8 Å². The average molecular weight is 232 g/mol. The second-order valence-electron chi connectivity index (χ2n) is 4.94. The first kappa shape index (κ1) is 11.8. The molecule has 3 N–H and O–H groups in total. The van der Waals surface area contributed by atoms with Crippen molar-refractivity contribution in [3.05, 3.63) is 0 Å². The molecule has 2 aliphatic rings. The van der Waals surface area contributed by atoms with Crippen molar-refractivity contribution in [2.75, 3.05) is 6.61 Å². The Balaban J connectivity index is 2.17. The highest BCUT2D eigenvalue weighted by Crippen LogP contribution is 2.72. The molecule has 0 aromatic heterocycles. The van der Waals surface area contributed by atoms with Crippen molar-refractivity contribution in [1.29, 1.82) is 0 Å². The largest absolute Gasteiger partial charge is 0.463 e. The molecule has 1 aliphatic carbocycles. The molecule has 0 amide bonds. The SMILES string of the molecule is CC(=O)OC[C@H]1O[C@@H](O)[C@@]2(O)C(C)(C)[C@@]12O. The van der Waals surface area contributed by atoms with Crippen LogP contribution < -0.4 is 0 Å². The van der Waals surface area contributed by atoms with Gasteiger partial charge in [0.25, 0.3) is 0 Å². The fourth-order valence-corrected chi connectivity index (χ4v) is 2.75. The van der Waals surface area contributed by atoms with Gasteiger partial charge in [0.2, 0.25) is 0 Å². The van der Waals surface area contributed by atoms with Gasteiger partial charge in [0.15, 0.2) is 11.9 Å². The lowest BCUT2D eigenvalue weighted by Gasteiger charge is -2.23. The molecule has 0 spiro atoms. The lowest BCUT2D eigenvalue weighted by atomic mass is 10.0. The zero-order chi connectivity index (χ0) is 12.4. The minimum atomic E-state index is -1.69. The summed E-state index contributed by atoms with van der Waals surface area (Å²) in [5.74, 6) is -0.504. The Bertz CT molecular complexity index is 340. The van der Waals surface area contributed by atoms with Crippen LogP contribution in [-0.2, 0) is 14.3 Å². The summed E-state index contributed by atoms with van der Waals surface area (Å²) in [4.78, 5) is 10.7. The highest BCUT2D eigenvalue weighted by atomic mass is 16.7.